The zero-order chi connectivity index (χ0) is 13.7. The molecule has 0 aliphatic carbocycles. The van der Waals surface area contributed by atoms with E-state index in [9.17, 15) is 14.0 Å². The molecule has 1 aromatic carbocycles. The van der Waals surface area contributed by atoms with E-state index in [1.807, 2.05) is 0 Å². The maximum Gasteiger partial charge on any atom is 0.289 e. The lowest BCUT2D eigenvalue weighted by atomic mass is 10.2. The van der Waals surface area contributed by atoms with Crippen molar-refractivity contribution >= 4 is 11.8 Å². The molecule has 1 heterocycles. The van der Waals surface area contributed by atoms with Crippen LogP contribution in [0.5, 0.6) is 0 Å². The molecule has 0 bridgehead atoms. The number of halogens is 1. The first-order valence-corrected chi connectivity index (χ1v) is 5.29. The number of nitrogens with one attached hydrogen (secondary N) is 2. The van der Waals surface area contributed by atoms with Crippen LogP contribution < -0.4 is 10.9 Å². The van der Waals surface area contributed by atoms with Crippen LogP contribution in [0.2, 0.25) is 0 Å². The van der Waals surface area contributed by atoms with Crippen LogP contribution in [0.25, 0.3) is 0 Å². The van der Waals surface area contributed by atoms with E-state index in [0.717, 1.165) is 12.1 Å². The van der Waals surface area contributed by atoms with Gasteiger partial charge in [-0.3, -0.25) is 25.4 Å². The van der Waals surface area contributed by atoms with E-state index < -0.39 is 17.6 Å². The predicted octanol–water partition coefficient (Wildman–Crippen LogP) is 0.690. The van der Waals surface area contributed by atoms with Gasteiger partial charge in [-0.1, -0.05) is 0 Å². The van der Waals surface area contributed by atoms with Gasteiger partial charge in [0.05, 0.1) is 6.20 Å². The Balaban J connectivity index is 1.94. The van der Waals surface area contributed by atoms with Gasteiger partial charge in [-0.05, 0) is 24.3 Å². The first-order valence-electron chi connectivity index (χ1n) is 5.29. The molecule has 0 unspecified atom stereocenters. The molecule has 2 amide bonds. The van der Waals surface area contributed by atoms with Crippen molar-refractivity contribution in [2.45, 2.75) is 0 Å². The van der Waals surface area contributed by atoms with Crippen LogP contribution in [0, 0.1) is 5.82 Å². The summed E-state index contributed by atoms with van der Waals surface area (Å²) in [7, 11) is 0. The summed E-state index contributed by atoms with van der Waals surface area (Å²) in [6, 6.07) is 4.91. The van der Waals surface area contributed by atoms with Crippen LogP contribution in [0.4, 0.5) is 4.39 Å². The van der Waals surface area contributed by atoms with Gasteiger partial charge in [0.15, 0.2) is 0 Å². The van der Waals surface area contributed by atoms with E-state index in [1.165, 1.54) is 30.7 Å². The summed E-state index contributed by atoms with van der Waals surface area (Å²) in [4.78, 5) is 30.6. The highest BCUT2D eigenvalue weighted by Crippen LogP contribution is 2.01. The van der Waals surface area contributed by atoms with E-state index in [-0.39, 0.29) is 11.3 Å². The minimum Gasteiger partial charge on any atom is -0.267 e. The Labute approximate surface area is 107 Å². The van der Waals surface area contributed by atoms with Gasteiger partial charge in [0.1, 0.15) is 11.5 Å². The number of carbonyl (C=O) groups excluding carboxylic acids is 2. The number of amides is 2. The van der Waals surface area contributed by atoms with E-state index in [1.54, 1.807) is 0 Å². The van der Waals surface area contributed by atoms with Crippen LogP contribution >= 0.6 is 0 Å². The zero-order valence-electron chi connectivity index (χ0n) is 9.63. The number of carbonyl (C=O) groups is 2. The lowest BCUT2D eigenvalue weighted by molar-refractivity contribution is 0.0843. The standard InChI is InChI=1S/C12H9FN4O2/c13-9-3-1-8(2-4-9)11(18)16-17-12(19)10-7-14-5-6-15-10/h1-7H,(H,16,18)(H,17,19). The number of hydrogen-bond acceptors (Lipinski definition) is 4. The van der Waals surface area contributed by atoms with Crippen LogP contribution in [0.1, 0.15) is 20.8 Å². The average molecular weight is 260 g/mol. The van der Waals surface area contributed by atoms with Crippen molar-refractivity contribution in [3.05, 3.63) is 59.9 Å². The van der Waals surface area contributed by atoms with Crippen molar-refractivity contribution in [2.24, 2.45) is 0 Å². The average Bonchev–Trinajstić information content (AvgIpc) is 2.46. The lowest BCUT2D eigenvalue weighted by Crippen LogP contribution is -2.41. The van der Waals surface area contributed by atoms with Gasteiger partial charge >= 0.3 is 0 Å². The minimum absolute atomic E-state index is 0.0712. The molecule has 96 valence electrons. The van der Waals surface area contributed by atoms with Crippen molar-refractivity contribution in [1.29, 1.82) is 0 Å². The highest BCUT2D eigenvalue weighted by molar-refractivity contribution is 5.98. The molecule has 0 saturated carbocycles. The second-order valence-corrected chi connectivity index (χ2v) is 3.51. The van der Waals surface area contributed by atoms with Crippen LogP contribution in [-0.4, -0.2) is 21.8 Å². The fourth-order valence-electron chi connectivity index (χ4n) is 1.27. The minimum atomic E-state index is -0.594. The SMILES string of the molecule is O=C(NNC(=O)c1cnccn1)c1ccc(F)cc1. The van der Waals surface area contributed by atoms with E-state index >= 15 is 0 Å². The molecule has 0 spiro atoms. The fourth-order valence-corrected chi connectivity index (χ4v) is 1.27. The molecule has 1 aromatic heterocycles. The third kappa shape index (κ3) is 3.32. The number of nitrogens with zero attached hydrogens (tertiary/aromatic N) is 2. The van der Waals surface area contributed by atoms with Crippen LogP contribution in [-0.2, 0) is 0 Å². The van der Waals surface area contributed by atoms with Gasteiger partial charge < -0.3 is 0 Å². The molecule has 0 fully saturated rings. The summed E-state index contributed by atoms with van der Waals surface area (Å²) in [5, 5.41) is 0. The monoisotopic (exact) mass is 260 g/mol. The normalized spacial score (nSPS) is 9.74. The van der Waals surface area contributed by atoms with E-state index in [2.05, 4.69) is 20.8 Å². The molecule has 0 saturated heterocycles. The Morgan fingerprint density at radius 1 is 1.00 bits per heavy atom. The molecule has 2 aromatic rings. The summed E-state index contributed by atoms with van der Waals surface area (Å²) >= 11 is 0. The molecule has 0 radical (unpaired) electrons. The molecule has 6 nitrogen and oxygen atoms in total. The Kier molecular flexibility index (Phi) is 3.77. The largest absolute Gasteiger partial charge is 0.289 e. The second-order valence-electron chi connectivity index (χ2n) is 3.51. The number of aromatic nitrogens is 2. The van der Waals surface area contributed by atoms with Crippen molar-refractivity contribution in [3.8, 4) is 0 Å². The fraction of sp³-hybridized carbons (Fsp3) is 0. The summed E-state index contributed by atoms with van der Waals surface area (Å²) in [5.41, 5.74) is 4.66. The number of rotatable bonds is 2. The molecular formula is C12H9FN4O2. The first kappa shape index (κ1) is 12.6. The lowest BCUT2D eigenvalue weighted by Gasteiger charge is -2.06. The Morgan fingerprint density at radius 2 is 1.68 bits per heavy atom. The zero-order valence-corrected chi connectivity index (χ0v) is 9.63. The van der Waals surface area contributed by atoms with Crippen LogP contribution in [0.15, 0.2) is 42.9 Å². The van der Waals surface area contributed by atoms with Gasteiger partial charge in [0, 0.05) is 18.0 Å². The van der Waals surface area contributed by atoms with Crippen molar-refractivity contribution in [1.82, 2.24) is 20.8 Å². The van der Waals surface area contributed by atoms with Crippen molar-refractivity contribution in [3.63, 3.8) is 0 Å². The molecular weight excluding hydrogens is 251 g/mol. The maximum atomic E-state index is 12.7. The highest BCUT2D eigenvalue weighted by atomic mass is 19.1. The Bertz CT molecular complexity index is 586. The van der Waals surface area contributed by atoms with E-state index in [0.29, 0.717) is 0 Å². The quantitative estimate of drug-likeness (QED) is 0.778. The first-order chi connectivity index (χ1) is 9.16. The van der Waals surface area contributed by atoms with Gasteiger partial charge in [-0.15, -0.1) is 0 Å². The summed E-state index contributed by atoms with van der Waals surface area (Å²) in [6.45, 7) is 0. The summed E-state index contributed by atoms with van der Waals surface area (Å²) in [6.07, 6.45) is 4.05. The molecule has 7 heteroatoms. The van der Waals surface area contributed by atoms with E-state index in [4.69, 9.17) is 0 Å². The van der Waals surface area contributed by atoms with Crippen molar-refractivity contribution in [2.75, 3.05) is 0 Å². The number of benzene rings is 1. The Morgan fingerprint density at radius 3 is 2.32 bits per heavy atom. The van der Waals surface area contributed by atoms with Crippen molar-refractivity contribution < 1.29 is 14.0 Å². The number of hydrogen-bond donors (Lipinski definition) is 2. The van der Waals surface area contributed by atoms with Gasteiger partial charge in [-0.2, -0.15) is 0 Å². The summed E-state index contributed by atoms with van der Waals surface area (Å²) in [5.74, 6) is -1.60. The molecule has 19 heavy (non-hydrogen) atoms. The third-order valence-corrected chi connectivity index (χ3v) is 2.19. The third-order valence-electron chi connectivity index (χ3n) is 2.19. The highest BCUT2D eigenvalue weighted by Gasteiger charge is 2.09. The van der Waals surface area contributed by atoms with Gasteiger partial charge in [0.25, 0.3) is 11.8 Å². The topological polar surface area (TPSA) is 84.0 Å². The smallest absolute Gasteiger partial charge is 0.267 e. The second kappa shape index (κ2) is 5.67. The van der Waals surface area contributed by atoms with Gasteiger partial charge in [-0.25, -0.2) is 9.37 Å². The Hall–Kier alpha value is -2.83. The molecule has 0 aliphatic heterocycles. The predicted molar refractivity (Wildman–Crippen MR) is 63.4 cm³/mol. The molecule has 0 atom stereocenters. The van der Waals surface area contributed by atoms with Gasteiger partial charge in [0.2, 0.25) is 0 Å². The summed E-state index contributed by atoms with van der Waals surface area (Å²) < 4.78 is 12.7. The number of hydrazine groups is 1. The van der Waals surface area contributed by atoms with Crippen LogP contribution in [0.3, 0.4) is 0 Å². The maximum absolute atomic E-state index is 12.7. The molecule has 2 N–H and O–H groups in total. The molecule has 2 rings (SSSR count). The molecule has 0 aliphatic rings.